The van der Waals surface area contributed by atoms with Gasteiger partial charge >= 0.3 is 0 Å². The van der Waals surface area contributed by atoms with Crippen molar-refractivity contribution in [2.45, 2.75) is 37.7 Å². The number of aliphatic hydroxyl groups is 1. The Labute approximate surface area is 175 Å². The number of rotatable bonds is 5. The van der Waals surface area contributed by atoms with E-state index in [-0.39, 0.29) is 29.8 Å². The molecule has 162 valence electrons. The van der Waals surface area contributed by atoms with Crippen molar-refractivity contribution in [3.63, 3.8) is 0 Å². The number of nitrogens with one attached hydrogen (secondary N) is 1. The van der Waals surface area contributed by atoms with Gasteiger partial charge in [-0.15, -0.1) is 0 Å². The maximum Gasteiger partial charge on any atom is 0.274 e. The predicted octanol–water partition coefficient (Wildman–Crippen LogP) is 4.09. The van der Waals surface area contributed by atoms with Crippen LogP contribution >= 0.6 is 0 Å². The van der Waals surface area contributed by atoms with Crippen LogP contribution < -0.4 is 5.32 Å². The Morgan fingerprint density at radius 1 is 1.26 bits per heavy atom. The van der Waals surface area contributed by atoms with Crippen molar-refractivity contribution in [1.82, 2.24) is 9.38 Å². The molecule has 3 aromatic rings. The lowest BCUT2D eigenvalue weighted by atomic mass is 9.80. The first-order valence-corrected chi connectivity index (χ1v) is 9.88. The number of ketones is 1. The molecule has 1 saturated carbocycles. The number of benzene rings is 1. The molecule has 4 rings (SSSR count). The Morgan fingerprint density at radius 3 is 2.87 bits per heavy atom. The van der Waals surface area contributed by atoms with Crippen molar-refractivity contribution in [2.75, 3.05) is 5.32 Å². The van der Waals surface area contributed by atoms with E-state index >= 15 is 0 Å². The van der Waals surface area contributed by atoms with Gasteiger partial charge in [0.1, 0.15) is 23.3 Å². The zero-order chi connectivity index (χ0) is 22.2. The molecule has 0 saturated heterocycles. The molecule has 1 aromatic carbocycles. The van der Waals surface area contributed by atoms with Crippen LogP contribution in [0.25, 0.3) is 5.65 Å². The van der Waals surface area contributed by atoms with Crippen LogP contribution in [0, 0.1) is 11.7 Å². The van der Waals surface area contributed by atoms with Gasteiger partial charge in [-0.2, -0.15) is 0 Å². The molecule has 2 atom stereocenters. The van der Waals surface area contributed by atoms with Gasteiger partial charge in [-0.3, -0.25) is 14.0 Å². The van der Waals surface area contributed by atoms with E-state index in [4.69, 9.17) is 0 Å². The van der Waals surface area contributed by atoms with Crippen LogP contribution in [0.1, 0.15) is 46.5 Å². The molecule has 0 unspecified atom stereocenters. The molecule has 1 aliphatic carbocycles. The molecule has 2 aromatic heterocycles. The third-order valence-electron chi connectivity index (χ3n) is 5.60. The molecule has 0 bridgehead atoms. The van der Waals surface area contributed by atoms with E-state index in [0.29, 0.717) is 12.1 Å². The summed E-state index contributed by atoms with van der Waals surface area (Å²) in [5.41, 5.74) is 0.575. The number of carbonyl (C=O) groups is 2. The summed E-state index contributed by atoms with van der Waals surface area (Å²) in [6.07, 6.45) is 0.923. The Hall–Kier alpha value is -3.20. The van der Waals surface area contributed by atoms with Crippen LogP contribution in [0.15, 0.2) is 48.8 Å². The number of amides is 1. The van der Waals surface area contributed by atoms with Crippen LogP contribution in [0.4, 0.5) is 18.9 Å². The van der Waals surface area contributed by atoms with Crippen LogP contribution in [-0.2, 0) is 0 Å². The second kappa shape index (κ2) is 8.14. The first kappa shape index (κ1) is 21.0. The molecule has 6 nitrogen and oxygen atoms in total. The Kier molecular flexibility index (Phi) is 5.53. The molecule has 9 heteroatoms. The van der Waals surface area contributed by atoms with Gasteiger partial charge in [0.05, 0.1) is 11.9 Å². The Balaban J connectivity index is 1.52. The number of aliphatic hydroxyl groups excluding tert-OH is 1. The minimum absolute atomic E-state index is 0.0657. The number of alkyl halides is 2. The molecular formula is C22H20F3N3O3. The van der Waals surface area contributed by atoms with Crippen molar-refractivity contribution in [3.05, 3.63) is 65.9 Å². The average Bonchev–Trinajstić information content (AvgIpc) is 3.17. The molecule has 2 heterocycles. The molecule has 1 fully saturated rings. The fourth-order valence-corrected chi connectivity index (χ4v) is 3.90. The van der Waals surface area contributed by atoms with E-state index in [1.807, 2.05) is 0 Å². The molecular weight excluding hydrogens is 411 g/mol. The van der Waals surface area contributed by atoms with E-state index in [2.05, 4.69) is 10.3 Å². The highest BCUT2D eigenvalue weighted by Crippen LogP contribution is 2.39. The summed E-state index contributed by atoms with van der Waals surface area (Å²) in [4.78, 5) is 29.3. The van der Waals surface area contributed by atoms with Crippen molar-refractivity contribution in [1.29, 1.82) is 0 Å². The largest absolute Gasteiger partial charge is 0.387 e. The summed E-state index contributed by atoms with van der Waals surface area (Å²) >= 11 is 0. The molecule has 1 amide bonds. The van der Waals surface area contributed by atoms with Crippen LogP contribution in [0.2, 0.25) is 0 Å². The lowest BCUT2D eigenvalue weighted by molar-refractivity contribution is -0.154. The van der Waals surface area contributed by atoms with Crippen LogP contribution in [0.3, 0.4) is 0 Å². The van der Waals surface area contributed by atoms with Gasteiger partial charge in [0.15, 0.2) is 5.78 Å². The van der Waals surface area contributed by atoms with Gasteiger partial charge in [0, 0.05) is 24.6 Å². The topological polar surface area (TPSA) is 83.7 Å². The number of aromatic nitrogens is 2. The van der Waals surface area contributed by atoms with Gasteiger partial charge in [0.25, 0.3) is 11.8 Å². The number of nitrogens with zero attached hydrogens (tertiary/aromatic N) is 2. The number of imidazole rings is 1. The Morgan fingerprint density at radius 2 is 2.06 bits per heavy atom. The number of carbonyl (C=O) groups excluding carboxylic acids is 2. The maximum absolute atomic E-state index is 14.3. The number of hydrogen-bond donors (Lipinski definition) is 2. The first-order chi connectivity index (χ1) is 14.8. The van der Waals surface area contributed by atoms with Crippen molar-refractivity contribution in [2.24, 2.45) is 5.92 Å². The summed E-state index contributed by atoms with van der Waals surface area (Å²) in [6, 6.07) is 8.62. The minimum Gasteiger partial charge on any atom is -0.387 e. The maximum atomic E-state index is 14.3. The van der Waals surface area contributed by atoms with Gasteiger partial charge < -0.3 is 10.4 Å². The second-order valence-corrected chi connectivity index (χ2v) is 7.71. The smallest absolute Gasteiger partial charge is 0.274 e. The van der Waals surface area contributed by atoms with E-state index in [1.165, 1.54) is 22.7 Å². The van der Waals surface area contributed by atoms with Gasteiger partial charge in [-0.1, -0.05) is 6.07 Å². The fourth-order valence-electron chi connectivity index (χ4n) is 3.90. The van der Waals surface area contributed by atoms with Gasteiger partial charge in [-0.25, -0.2) is 18.2 Å². The third kappa shape index (κ3) is 4.18. The SMILES string of the molecule is O=C(C[C@@H]1CCCC(F)(F)[C@H]1O)c1ccc(F)c(NC(=O)c2cnc3ccccn23)c1. The number of pyridine rings is 1. The summed E-state index contributed by atoms with van der Waals surface area (Å²) < 4.78 is 43.3. The molecule has 0 spiro atoms. The van der Waals surface area contributed by atoms with E-state index in [0.717, 1.165) is 6.07 Å². The number of halogens is 3. The molecule has 0 radical (unpaired) electrons. The molecule has 1 aliphatic rings. The number of anilines is 1. The zero-order valence-electron chi connectivity index (χ0n) is 16.4. The number of fused-ring (bicyclic) bond motifs is 1. The highest BCUT2D eigenvalue weighted by molar-refractivity contribution is 6.04. The van der Waals surface area contributed by atoms with Crippen LogP contribution in [0.5, 0.6) is 0 Å². The van der Waals surface area contributed by atoms with Gasteiger partial charge in [-0.05, 0) is 49.1 Å². The average molecular weight is 431 g/mol. The summed E-state index contributed by atoms with van der Waals surface area (Å²) in [5.74, 6) is -5.98. The van der Waals surface area contributed by atoms with E-state index < -0.39 is 41.9 Å². The monoisotopic (exact) mass is 431 g/mol. The highest BCUT2D eigenvalue weighted by atomic mass is 19.3. The second-order valence-electron chi connectivity index (χ2n) is 7.71. The zero-order valence-corrected chi connectivity index (χ0v) is 16.4. The van der Waals surface area contributed by atoms with E-state index in [1.54, 1.807) is 24.4 Å². The minimum atomic E-state index is -3.22. The molecule has 0 aliphatic heterocycles. The summed E-state index contributed by atoms with van der Waals surface area (Å²) in [5, 5.41) is 12.3. The molecule has 2 N–H and O–H groups in total. The molecule has 31 heavy (non-hydrogen) atoms. The quantitative estimate of drug-likeness (QED) is 0.596. The Bertz CT molecular complexity index is 1150. The predicted molar refractivity (Wildman–Crippen MR) is 107 cm³/mol. The lowest BCUT2D eigenvalue weighted by Crippen LogP contribution is -2.43. The summed E-state index contributed by atoms with van der Waals surface area (Å²) in [7, 11) is 0. The fraction of sp³-hybridized carbons (Fsp3) is 0.318. The standard InChI is InChI=1S/C22H20F3N3O3/c23-15-7-6-13(18(29)11-14-4-3-8-22(24,25)20(14)30)10-16(15)27-21(31)17-12-26-19-5-1-2-9-28(17)19/h1-2,5-7,9-10,12,14,20,30H,3-4,8,11H2,(H,27,31)/t14-,20-/m0/s1. The first-order valence-electron chi connectivity index (χ1n) is 9.88. The van der Waals surface area contributed by atoms with Gasteiger partial charge in [0.2, 0.25) is 0 Å². The number of Topliss-reactive ketones (excluding diaryl/α,β-unsaturated/α-hetero) is 1. The van der Waals surface area contributed by atoms with Crippen molar-refractivity contribution < 1.29 is 27.9 Å². The lowest BCUT2D eigenvalue weighted by Gasteiger charge is -2.34. The summed E-state index contributed by atoms with van der Waals surface area (Å²) in [6.45, 7) is 0. The van der Waals surface area contributed by atoms with Crippen LogP contribution in [-0.4, -0.2) is 38.2 Å². The number of hydrogen-bond acceptors (Lipinski definition) is 4. The highest BCUT2D eigenvalue weighted by Gasteiger charge is 2.46. The van der Waals surface area contributed by atoms with E-state index in [9.17, 15) is 27.9 Å². The van der Waals surface area contributed by atoms with Crippen molar-refractivity contribution in [3.8, 4) is 0 Å². The van der Waals surface area contributed by atoms with Crippen molar-refractivity contribution >= 4 is 23.0 Å². The third-order valence-corrected chi connectivity index (χ3v) is 5.60. The normalized spacial score (nSPS) is 20.5.